The molecule has 1 aliphatic rings. The van der Waals surface area contributed by atoms with Gasteiger partial charge in [0, 0.05) is 19.6 Å². The molecule has 0 saturated heterocycles. The third-order valence-electron chi connectivity index (χ3n) is 3.70. The van der Waals surface area contributed by atoms with Crippen molar-refractivity contribution in [2.24, 2.45) is 0 Å². The van der Waals surface area contributed by atoms with Crippen molar-refractivity contribution in [3.63, 3.8) is 0 Å². The molecule has 0 N–H and O–H groups in total. The van der Waals surface area contributed by atoms with Gasteiger partial charge in [0.2, 0.25) is 0 Å². The first-order valence-electron chi connectivity index (χ1n) is 6.95. The molecule has 0 unspecified atom stereocenters. The van der Waals surface area contributed by atoms with Gasteiger partial charge in [-0.15, -0.1) is 12.4 Å². The van der Waals surface area contributed by atoms with Crippen LogP contribution in [0.2, 0.25) is 0 Å². The first-order valence-corrected chi connectivity index (χ1v) is 6.95. The lowest BCUT2D eigenvalue weighted by Crippen LogP contribution is -2.15. The lowest BCUT2D eigenvalue weighted by Gasteiger charge is -2.11. The van der Waals surface area contributed by atoms with Crippen LogP contribution in [0.4, 0.5) is 0 Å². The SMILES string of the molecule is COc1ccc(C=CCN2Cc3ccccc3C2)cc1.Cl. The van der Waals surface area contributed by atoms with Crippen molar-refractivity contribution < 1.29 is 4.74 Å². The summed E-state index contributed by atoms with van der Waals surface area (Å²) in [5, 5.41) is 0. The summed E-state index contributed by atoms with van der Waals surface area (Å²) in [6, 6.07) is 16.8. The number of halogens is 1. The van der Waals surface area contributed by atoms with E-state index in [1.807, 2.05) is 12.1 Å². The normalized spacial score (nSPS) is 14.0. The second-order valence-electron chi connectivity index (χ2n) is 5.11. The van der Waals surface area contributed by atoms with Crippen molar-refractivity contribution in [2.45, 2.75) is 13.1 Å². The first kappa shape index (κ1) is 15.6. The van der Waals surface area contributed by atoms with E-state index in [-0.39, 0.29) is 12.4 Å². The maximum absolute atomic E-state index is 5.16. The van der Waals surface area contributed by atoms with Crippen LogP contribution in [0.3, 0.4) is 0 Å². The maximum Gasteiger partial charge on any atom is 0.118 e. The monoisotopic (exact) mass is 301 g/mol. The zero-order valence-corrected chi connectivity index (χ0v) is 13.0. The molecule has 1 heterocycles. The molecule has 3 rings (SSSR count). The second kappa shape index (κ2) is 7.30. The van der Waals surface area contributed by atoms with Gasteiger partial charge in [0.05, 0.1) is 7.11 Å². The Kier molecular flexibility index (Phi) is 5.43. The molecular formula is C18H20ClNO. The smallest absolute Gasteiger partial charge is 0.118 e. The predicted octanol–water partition coefficient (Wildman–Crippen LogP) is 4.15. The fraction of sp³-hybridized carbons (Fsp3) is 0.222. The zero-order chi connectivity index (χ0) is 13.8. The van der Waals surface area contributed by atoms with E-state index >= 15 is 0 Å². The number of rotatable bonds is 4. The maximum atomic E-state index is 5.16. The van der Waals surface area contributed by atoms with Crippen molar-refractivity contribution in [2.75, 3.05) is 13.7 Å². The van der Waals surface area contributed by atoms with Gasteiger partial charge >= 0.3 is 0 Å². The lowest BCUT2D eigenvalue weighted by atomic mass is 10.1. The Labute approximate surface area is 132 Å². The molecule has 0 bridgehead atoms. The Morgan fingerprint density at radius 2 is 1.62 bits per heavy atom. The highest BCUT2D eigenvalue weighted by atomic mass is 35.5. The topological polar surface area (TPSA) is 12.5 Å². The Hall–Kier alpha value is -1.77. The minimum Gasteiger partial charge on any atom is -0.497 e. The molecule has 0 amide bonds. The van der Waals surface area contributed by atoms with Crippen LogP contribution in [0, 0.1) is 0 Å². The van der Waals surface area contributed by atoms with E-state index in [2.05, 4.69) is 53.5 Å². The number of benzene rings is 2. The summed E-state index contributed by atoms with van der Waals surface area (Å²) in [4.78, 5) is 2.45. The van der Waals surface area contributed by atoms with E-state index < -0.39 is 0 Å². The van der Waals surface area contributed by atoms with Gasteiger partial charge in [-0.25, -0.2) is 0 Å². The average Bonchev–Trinajstić information content (AvgIpc) is 2.90. The Balaban J connectivity index is 0.00000161. The molecule has 2 nitrogen and oxygen atoms in total. The van der Waals surface area contributed by atoms with Crippen molar-refractivity contribution in [1.82, 2.24) is 4.90 Å². The van der Waals surface area contributed by atoms with Crippen LogP contribution in [-0.2, 0) is 13.1 Å². The minimum absolute atomic E-state index is 0. The Morgan fingerprint density at radius 1 is 1.00 bits per heavy atom. The molecule has 0 spiro atoms. The van der Waals surface area contributed by atoms with Crippen molar-refractivity contribution in [3.05, 3.63) is 71.3 Å². The van der Waals surface area contributed by atoms with Gasteiger partial charge in [0.25, 0.3) is 0 Å². The largest absolute Gasteiger partial charge is 0.497 e. The number of nitrogens with zero attached hydrogens (tertiary/aromatic N) is 1. The molecule has 1 aliphatic heterocycles. The molecule has 0 aliphatic carbocycles. The highest BCUT2D eigenvalue weighted by molar-refractivity contribution is 5.85. The van der Waals surface area contributed by atoms with E-state index in [1.54, 1.807) is 7.11 Å². The quantitative estimate of drug-likeness (QED) is 0.841. The summed E-state index contributed by atoms with van der Waals surface area (Å²) in [6.07, 6.45) is 4.40. The van der Waals surface area contributed by atoms with E-state index in [0.717, 1.165) is 25.4 Å². The van der Waals surface area contributed by atoms with Gasteiger partial charge in [0.15, 0.2) is 0 Å². The number of methoxy groups -OCH3 is 1. The highest BCUT2D eigenvalue weighted by Crippen LogP contribution is 2.21. The summed E-state index contributed by atoms with van der Waals surface area (Å²) < 4.78 is 5.16. The first-order chi connectivity index (χ1) is 9.85. The van der Waals surface area contributed by atoms with Gasteiger partial charge in [-0.1, -0.05) is 48.6 Å². The third-order valence-corrected chi connectivity index (χ3v) is 3.70. The van der Waals surface area contributed by atoms with Crippen molar-refractivity contribution >= 4 is 18.5 Å². The predicted molar refractivity (Wildman–Crippen MR) is 89.8 cm³/mol. The van der Waals surface area contributed by atoms with Crippen LogP contribution in [0.25, 0.3) is 6.08 Å². The molecular weight excluding hydrogens is 282 g/mol. The second-order valence-corrected chi connectivity index (χ2v) is 5.11. The molecule has 0 atom stereocenters. The molecule has 2 aromatic carbocycles. The average molecular weight is 302 g/mol. The number of hydrogen-bond acceptors (Lipinski definition) is 2. The fourth-order valence-corrected chi connectivity index (χ4v) is 2.59. The number of ether oxygens (including phenoxy) is 1. The van der Waals surface area contributed by atoms with E-state index in [4.69, 9.17) is 4.74 Å². The Morgan fingerprint density at radius 3 is 2.19 bits per heavy atom. The van der Waals surface area contributed by atoms with Gasteiger partial charge in [-0.3, -0.25) is 4.90 Å². The summed E-state index contributed by atoms with van der Waals surface area (Å²) in [5.74, 6) is 0.900. The zero-order valence-electron chi connectivity index (χ0n) is 12.2. The van der Waals surface area contributed by atoms with Crippen LogP contribution >= 0.6 is 12.4 Å². The molecule has 0 saturated carbocycles. The number of hydrogen-bond donors (Lipinski definition) is 0. The van der Waals surface area contributed by atoms with Gasteiger partial charge in [-0.05, 0) is 28.8 Å². The van der Waals surface area contributed by atoms with Gasteiger partial charge in [-0.2, -0.15) is 0 Å². The molecule has 21 heavy (non-hydrogen) atoms. The van der Waals surface area contributed by atoms with Crippen LogP contribution in [0.1, 0.15) is 16.7 Å². The summed E-state index contributed by atoms with van der Waals surface area (Å²) in [5.41, 5.74) is 4.14. The summed E-state index contributed by atoms with van der Waals surface area (Å²) >= 11 is 0. The lowest BCUT2D eigenvalue weighted by molar-refractivity contribution is 0.317. The highest BCUT2D eigenvalue weighted by Gasteiger charge is 2.16. The Bertz CT molecular complexity index is 582. The van der Waals surface area contributed by atoms with Crippen LogP contribution in [0.5, 0.6) is 5.75 Å². The molecule has 3 heteroatoms. The molecule has 0 fully saturated rings. The van der Waals surface area contributed by atoms with E-state index in [1.165, 1.54) is 16.7 Å². The summed E-state index contributed by atoms with van der Waals surface area (Å²) in [6.45, 7) is 3.10. The van der Waals surface area contributed by atoms with Crippen LogP contribution in [0.15, 0.2) is 54.6 Å². The fourth-order valence-electron chi connectivity index (χ4n) is 2.59. The van der Waals surface area contributed by atoms with Crippen LogP contribution in [-0.4, -0.2) is 18.6 Å². The molecule has 0 radical (unpaired) electrons. The van der Waals surface area contributed by atoms with Crippen LogP contribution < -0.4 is 4.74 Å². The van der Waals surface area contributed by atoms with Crippen molar-refractivity contribution in [3.8, 4) is 5.75 Å². The number of fused-ring (bicyclic) bond motifs is 1. The van der Waals surface area contributed by atoms with E-state index in [0.29, 0.717) is 0 Å². The van der Waals surface area contributed by atoms with Gasteiger partial charge in [0.1, 0.15) is 5.75 Å². The van der Waals surface area contributed by atoms with Gasteiger partial charge < -0.3 is 4.74 Å². The molecule has 2 aromatic rings. The minimum atomic E-state index is 0. The van der Waals surface area contributed by atoms with Crippen molar-refractivity contribution in [1.29, 1.82) is 0 Å². The third kappa shape index (κ3) is 3.87. The molecule has 0 aromatic heterocycles. The standard InChI is InChI=1S/C18H19NO.ClH/c1-20-18-10-8-15(9-11-18)5-4-12-19-13-16-6-2-3-7-17(16)14-19;/h2-11H,12-14H2,1H3;1H. The van der Waals surface area contributed by atoms with E-state index in [9.17, 15) is 0 Å². The summed E-state index contributed by atoms with van der Waals surface area (Å²) in [7, 11) is 1.69. The molecule has 110 valence electrons.